The van der Waals surface area contributed by atoms with Crippen LogP contribution in [0.4, 0.5) is 5.69 Å². The lowest BCUT2D eigenvalue weighted by atomic mass is 10.2. The van der Waals surface area contributed by atoms with E-state index in [4.69, 9.17) is 21.1 Å². The molecule has 3 rings (SSSR count). The zero-order valence-electron chi connectivity index (χ0n) is 12.7. The summed E-state index contributed by atoms with van der Waals surface area (Å²) in [5.74, 6) is 0.854. The van der Waals surface area contributed by atoms with Gasteiger partial charge in [-0.15, -0.1) is 0 Å². The van der Waals surface area contributed by atoms with Crippen LogP contribution in [0.3, 0.4) is 0 Å². The van der Waals surface area contributed by atoms with E-state index >= 15 is 0 Å². The van der Waals surface area contributed by atoms with Crippen LogP contribution in [0.5, 0.6) is 5.75 Å². The van der Waals surface area contributed by atoms with Gasteiger partial charge in [0.05, 0.1) is 23.9 Å². The first-order valence-corrected chi connectivity index (χ1v) is 7.96. The molecule has 1 aliphatic heterocycles. The average Bonchev–Trinajstić information content (AvgIpc) is 2.61. The third-order valence-corrected chi connectivity index (χ3v) is 3.89. The zero-order valence-corrected chi connectivity index (χ0v) is 13.5. The number of hydrogen-bond acceptors (Lipinski definition) is 3. The second-order valence-corrected chi connectivity index (χ2v) is 5.66. The van der Waals surface area contributed by atoms with Gasteiger partial charge in [0, 0.05) is 6.21 Å². The van der Waals surface area contributed by atoms with Gasteiger partial charge in [-0.2, -0.15) is 0 Å². The van der Waals surface area contributed by atoms with Crippen LogP contribution >= 0.6 is 11.6 Å². The molecule has 118 valence electrons. The summed E-state index contributed by atoms with van der Waals surface area (Å²) < 4.78 is 11.1. The van der Waals surface area contributed by atoms with Crippen LogP contribution in [0.1, 0.15) is 12.0 Å². The second-order valence-electron chi connectivity index (χ2n) is 5.25. The van der Waals surface area contributed by atoms with Crippen molar-refractivity contribution in [3.63, 3.8) is 0 Å². The van der Waals surface area contributed by atoms with Crippen molar-refractivity contribution in [3.05, 3.63) is 70.8 Å². The molecule has 0 amide bonds. The SMILES string of the molecule is Clc1ccccc1N=Cc1ccc(OCC2=CCOCC2)cc1. The summed E-state index contributed by atoms with van der Waals surface area (Å²) in [6.07, 6.45) is 4.84. The topological polar surface area (TPSA) is 30.8 Å². The fourth-order valence-electron chi connectivity index (χ4n) is 2.22. The monoisotopic (exact) mass is 327 g/mol. The third kappa shape index (κ3) is 4.68. The Hall–Kier alpha value is -2.10. The Morgan fingerprint density at radius 1 is 1.13 bits per heavy atom. The minimum atomic E-state index is 0.621. The molecule has 1 aliphatic rings. The molecule has 2 aromatic rings. The molecular weight excluding hydrogens is 310 g/mol. The number of halogens is 1. The highest BCUT2D eigenvalue weighted by atomic mass is 35.5. The van der Waals surface area contributed by atoms with Crippen molar-refractivity contribution in [2.45, 2.75) is 6.42 Å². The van der Waals surface area contributed by atoms with Crippen molar-refractivity contribution in [1.29, 1.82) is 0 Å². The summed E-state index contributed by atoms with van der Waals surface area (Å²) in [6.45, 7) is 2.10. The molecule has 0 atom stereocenters. The Bertz CT molecular complexity index is 708. The van der Waals surface area contributed by atoms with Gasteiger partial charge in [0.1, 0.15) is 12.4 Å². The van der Waals surface area contributed by atoms with E-state index in [1.54, 1.807) is 6.21 Å². The van der Waals surface area contributed by atoms with Crippen LogP contribution in [-0.2, 0) is 4.74 Å². The van der Waals surface area contributed by atoms with E-state index in [2.05, 4.69) is 11.1 Å². The maximum atomic E-state index is 6.08. The predicted molar refractivity (Wildman–Crippen MR) is 94.2 cm³/mol. The van der Waals surface area contributed by atoms with E-state index < -0.39 is 0 Å². The van der Waals surface area contributed by atoms with Gasteiger partial charge in [-0.3, -0.25) is 4.99 Å². The van der Waals surface area contributed by atoms with Crippen molar-refractivity contribution in [3.8, 4) is 5.75 Å². The molecule has 4 heteroatoms. The molecule has 0 saturated carbocycles. The Balaban J connectivity index is 1.58. The van der Waals surface area contributed by atoms with Gasteiger partial charge in [-0.25, -0.2) is 0 Å². The highest BCUT2D eigenvalue weighted by Gasteiger charge is 2.04. The lowest BCUT2D eigenvalue weighted by Gasteiger charge is -2.14. The van der Waals surface area contributed by atoms with Gasteiger partial charge < -0.3 is 9.47 Å². The predicted octanol–water partition coefficient (Wildman–Crippen LogP) is 4.82. The first-order valence-electron chi connectivity index (χ1n) is 7.58. The molecule has 2 aromatic carbocycles. The summed E-state index contributed by atoms with van der Waals surface area (Å²) in [5, 5.41) is 0.647. The minimum absolute atomic E-state index is 0.621. The maximum absolute atomic E-state index is 6.08. The molecule has 0 aromatic heterocycles. The summed E-state index contributed by atoms with van der Waals surface area (Å²) in [5.41, 5.74) is 3.06. The van der Waals surface area contributed by atoms with E-state index in [-0.39, 0.29) is 0 Å². The summed E-state index contributed by atoms with van der Waals surface area (Å²) in [7, 11) is 0. The molecule has 0 radical (unpaired) electrons. The lowest BCUT2D eigenvalue weighted by Crippen LogP contribution is -2.10. The molecule has 0 N–H and O–H groups in total. The van der Waals surface area contributed by atoms with Crippen LogP contribution in [0.15, 0.2) is 65.2 Å². The van der Waals surface area contributed by atoms with E-state index in [1.807, 2.05) is 48.5 Å². The van der Waals surface area contributed by atoms with Gasteiger partial charge in [-0.1, -0.05) is 29.8 Å². The van der Waals surface area contributed by atoms with Gasteiger partial charge in [0.15, 0.2) is 0 Å². The number of aliphatic imine (C=N–C) groups is 1. The summed E-state index contributed by atoms with van der Waals surface area (Å²) >= 11 is 6.08. The Morgan fingerprint density at radius 3 is 2.70 bits per heavy atom. The molecule has 0 aliphatic carbocycles. The average molecular weight is 328 g/mol. The van der Waals surface area contributed by atoms with Crippen LogP contribution in [0, 0.1) is 0 Å². The Kier molecular flexibility index (Phi) is 5.46. The first kappa shape index (κ1) is 15.8. The second kappa shape index (κ2) is 7.95. The van der Waals surface area contributed by atoms with E-state index in [1.165, 1.54) is 5.57 Å². The maximum Gasteiger partial charge on any atom is 0.119 e. The molecule has 0 unspecified atom stereocenters. The van der Waals surface area contributed by atoms with Crippen LogP contribution < -0.4 is 4.74 Å². The molecular formula is C19H18ClNO2. The fourth-order valence-corrected chi connectivity index (χ4v) is 2.41. The Morgan fingerprint density at radius 2 is 1.96 bits per heavy atom. The third-order valence-electron chi connectivity index (χ3n) is 3.57. The normalized spacial score (nSPS) is 14.7. The minimum Gasteiger partial charge on any atom is -0.489 e. The van der Waals surface area contributed by atoms with Gasteiger partial charge in [0.25, 0.3) is 0 Å². The Labute approximate surface area is 141 Å². The van der Waals surface area contributed by atoms with E-state index in [0.717, 1.165) is 30.0 Å². The smallest absolute Gasteiger partial charge is 0.119 e. The lowest BCUT2D eigenvalue weighted by molar-refractivity contribution is 0.150. The number of para-hydroxylation sites is 1. The number of benzene rings is 2. The van der Waals surface area contributed by atoms with Crippen LogP contribution in [-0.4, -0.2) is 26.0 Å². The molecule has 23 heavy (non-hydrogen) atoms. The molecule has 3 nitrogen and oxygen atoms in total. The number of hydrogen-bond donors (Lipinski definition) is 0. The van der Waals surface area contributed by atoms with E-state index in [0.29, 0.717) is 18.2 Å². The fraction of sp³-hybridized carbons (Fsp3) is 0.211. The van der Waals surface area contributed by atoms with Crippen LogP contribution in [0.2, 0.25) is 5.02 Å². The van der Waals surface area contributed by atoms with Crippen molar-refractivity contribution >= 4 is 23.5 Å². The van der Waals surface area contributed by atoms with E-state index in [9.17, 15) is 0 Å². The van der Waals surface area contributed by atoms with Crippen molar-refractivity contribution in [2.75, 3.05) is 19.8 Å². The zero-order chi connectivity index (χ0) is 15.9. The van der Waals surface area contributed by atoms with Gasteiger partial charge >= 0.3 is 0 Å². The highest BCUT2D eigenvalue weighted by Crippen LogP contribution is 2.23. The van der Waals surface area contributed by atoms with Crippen molar-refractivity contribution < 1.29 is 9.47 Å². The van der Waals surface area contributed by atoms with Crippen molar-refractivity contribution in [1.82, 2.24) is 0 Å². The number of nitrogens with zero attached hydrogens (tertiary/aromatic N) is 1. The van der Waals surface area contributed by atoms with Gasteiger partial charge in [0.2, 0.25) is 0 Å². The van der Waals surface area contributed by atoms with Gasteiger partial charge in [-0.05, 0) is 54.0 Å². The molecule has 0 fully saturated rings. The summed E-state index contributed by atoms with van der Waals surface area (Å²) in [6, 6.07) is 15.4. The van der Waals surface area contributed by atoms with Crippen LogP contribution in [0.25, 0.3) is 0 Å². The number of ether oxygens (including phenoxy) is 2. The molecule has 0 spiro atoms. The molecule has 0 saturated heterocycles. The van der Waals surface area contributed by atoms with Crippen molar-refractivity contribution in [2.24, 2.45) is 4.99 Å². The largest absolute Gasteiger partial charge is 0.489 e. The quantitative estimate of drug-likeness (QED) is 0.582. The first-order chi connectivity index (χ1) is 11.3. The number of rotatable bonds is 5. The molecule has 0 bridgehead atoms. The highest BCUT2D eigenvalue weighted by molar-refractivity contribution is 6.33. The standard InChI is InChI=1S/C19H18ClNO2/c20-18-3-1-2-4-19(18)21-13-15-5-7-17(8-6-15)23-14-16-9-11-22-12-10-16/h1-9,13H,10-12,14H2. The molecule has 1 heterocycles. The summed E-state index contributed by atoms with van der Waals surface area (Å²) in [4.78, 5) is 4.40.